The van der Waals surface area contributed by atoms with E-state index in [1.807, 2.05) is 6.07 Å². The lowest BCUT2D eigenvalue weighted by Gasteiger charge is -2.38. The van der Waals surface area contributed by atoms with Crippen molar-refractivity contribution in [3.63, 3.8) is 0 Å². The summed E-state index contributed by atoms with van der Waals surface area (Å²) in [5, 5.41) is 12.7. The fourth-order valence-electron chi connectivity index (χ4n) is 2.93. The van der Waals surface area contributed by atoms with Gasteiger partial charge >= 0.3 is 0 Å². The monoisotopic (exact) mass is 360 g/mol. The molecule has 6 nitrogen and oxygen atoms in total. The van der Waals surface area contributed by atoms with Gasteiger partial charge in [0, 0.05) is 12.3 Å². The van der Waals surface area contributed by atoms with Crippen LogP contribution in [-0.4, -0.2) is 35.0 Å². The van der Waals surface area contributed by atoms with Crippen molar-refractivity contribution in [2.45, 2.75) is 31.9 Å². The van der Waals surface area contributed by atoms with Crippen LogP contribution in [-0.2, 0) is 0 Å². The molecule has 1 unspecified atom stereocenters. The third kappa shape index (κ3) is 3.88. The Labute approximate surface area is 149 Å². The van der Waals surface area contributed by atoms with Gasteiger partial charge in [0.1, 0.15) is 0 Å². The molecule has 2 N–H and O–H groups in total. The molecule has 2 aromatic heterocycles. The Morgan fingerprint density at radius 1 is 1.28 bits per heavy atom. The molecule has 2 aromatic rings. The Bertz CT molecular complexity index is 766. The van der Waals surface area contributed by atoms with Gasteiger partial charge in [-0.2, -0.15) is 0 Å². The molecule has 1 fully saturated rings. The van der Waals surface area contributed by atoms with Crippen molar-refractivity contribution in [2.75, 3.05) is 7.11 Å². The van der Waals surface area contributed by atoms with Crippen molar-refractivity contribution in [1.82, 2.24) is 10.3 Å². The summed E-state index contributed by atoms with van der Waals surface area (Å²) >= 11 is 1.18. The average molecular weight is 360 g/mol. The number of nitrogens with one attached hydrogen (secondary N) is 1. The van der Waals surface area contributed by atoms with Crippen molar-refractivity contribution in [1.29, 1.82) is 0 Å². The van der Waals surface area contributed by atoms with E-state index in [4.69, 9.17) is 4.74 Å². The fourth-order valence-corrected chi connectivity index (χ4v) is 3.74. The molecule has 1 atom stereocenters. The molecule has 7 heteroatoms. The first-order valence-electron chi connectivity index (χ1n) is 8.07. The van der Waals surface area contributed by atoms with Crippen LogP contribution in [0.25, 0.3) is 0 Å². The Kier molecular flexibility index (Phi) is 5.15. The number of ketones is 1. The summed E-state index contributed by atoms with van der Waals surface area (Å²) in [4.78, 5) is 29.3. The Morgan fingerprint density at radius 2 is 2.00 bits per heavy atom. The van der Waals surface area contributed by atoms with Crippen molar-refractivity contribution in [3.8, 4) is 5.88 Å². The smallest absolute Gasteiger partial charge is 0.261 e. The molecule has 1 amide bonds. The molecule has 0 spiro atoms. The number of thiophene rings is 1. The van der Waals surface area contributed by atoms with E-state index in [1.165, 1.54) is 18.3 Å². The van der Waals surface area contributed by atoms with Gasteiger partial charge in [-0.3, -0.25) is 9.59 Å². The highest BCUT2D eigenvalue weighted by Crippen LogP contribution is 2.38. The number of hydrogen-bond acceptors (Lipinski definition) is 6. The predicted octanol–water partition coefficient (Wildman–Crippen LogP) is 2.60. The predicted molar refractivity (Wildman–Crippen MR) is 94.1 cm³/mol. The second-order valence-corrected chi connectivity index (χ2v) is 7.27. The normalized spacial score (nSPS) is 20.4. The molecule has 0 saturated heterocycles. The molecule has 25 heavy (non-hydrogen) atoms. The lowest BCUT2D eigenvalue weighted by molar-refractivity contribution is 0.0235. The van der Waals surface area contributed by atoms with E-state index in [-0.39, 0.29) is 29.8 Å². The van der Waals surface area contributed by atoms with Crippen molar-refractivity contribution in [2.24, 2.45) is 5.92 Å². The maximum Gasteiger partial charge on any atom is 0.261 e. The number of rotatable bonds is 6. The molecule has 1 aliphatic rings. The zero-order chi connectivity index (χ0) is 18.0. The minimum Gasteiger partial charge on any atom is -0.481 e. The van der Waals surface area contributed by atoms with Crippen LogP contribution in [0.2, 0.25) is 0 Å². The number of carbonyl (C=O) groups is 2. The number of Topliss-reactive ketones (excluding diaryl/α,β-unsaturated/α-hetero) is 1. The highest BCUT2D eigenvalue weighted by Gasteiger charge is 2.36. The van der Waals surface area contributed by atoms with Gasteiger partial charge in [-0.15, -0.1) is 11.3 Å². The number of hydrogen-bond donors (Lipinski definition) is 2. The molecule has 0 radical (unpaired) electrons. The van der Waals surface area contributed by atoms with Gasteiger partial charge in [-0.05, 0) is 43.4 Å². The second-order valence-electron chi connectivity index (χ2n) is 6.19. The van der Waals surface area contributed by atoms with Crippen LogP contribution < -0.4 is 10.1 Å². The molecule has 0 aliphatic heterocycles. The number of aliphatic hydroxyl groups excluding tert-OH is 1. The van der Waals surface area contributed by atoms with Crippen LogP contribution in [0.3, 0.4) is 0 Å². The van der Waals surface area contributed by atoms with Gasteiger partial charge in [-0.25, -0.2) is 4.98 Å². The fraction of sp³-hybridized carbons (Fsp3) is 0.389. The first-order chi connectivity index (χ1) is 12.0. The average Bonchev–Trinajstić information content (AvgIpc) is 3.08. The van der Waals surface area contributed by atoms with Crippen molar-refractivity contribution < 1.29 is 19.4 Å². The number of pyridine rings is 1. The molecule has 2 heterocycles. The van der Waals surface area contributed by atoms with E-state index in [1.54, 1.807) is 31.5 Å². The topological polar surface area (TPSA) is 88.5 Å². The highest BCUT2D eigenvalue weighted by molar-refractivity contribution is 7.15. The standard InChI is InChI=1S/C18H20N2O4S/c1-10(21)14-4-5-15(25-14)18(23)20-17(12-7-13(22)8-12)11-3-6-16(24-2)19-9-11/h3-6,9,12-13,17,22H,7-8H2,1-2H3,(H,20,23). The summed E-state index contributed by atoms with van der Waals surface area (Å²) in [6, 6.07) is 6.71. The third-order valence-corrected chi connectivity index (χ3v) is 5.60. The van der Waals surface area contributed by atoms with Crippen LogP contribution in [0.5, 0.6) is 5.88 Å². The van der Waals surface area contributed by atoms with Crippen LogP contribution in [0.1, 0.15) is 50.7 Å². The van der Waals surface area contributed by atoms with Gasteiger partial charge in [0.15, 0.2) is 5.78 Å². The van der Waals surface area contributed by atoms with Crippen LogP contribution in [0, 0.1) is 5.92 Å². The van der Waals surface area contributed by atoms with Crippen LogP contribution in [0.15, 0.2) is 30.5 Å². The second kappa shape index (κ2) is 7.33. The Balaban J connectivity index is 1.79. The number of aliphatic hydroxyl groups is 1. The number of methoxy groups -OCH3 is 1. The minimum absolute atomic E-state index is 0.0536. The van der Waals surface area contributed by atoms with E-state index in [9.17, 15) is 14.7 Å². The summed E-state index contributed by atoms with van der Waals surface area (Å²) < 4.78 is 5.07. The maximum absolute atomic E-state index is 12.6. The van der Waals surface area contributed by atoms with Crippen molar-refractivity contribution in [3.05, 3.63) is 45.8 Å². The first kappa shape index (κ1) is 17.6. The molecule has 1 aliphatic carbocycles. The molecule has 3 rings (SSSR count). The molecular formula is C18H20N2O4S. The molecule has 1 saturated carbocycles. The van der Waals surface area contributed by atoms with Crippen LogP contribution >= 0.6 is 11.3 Å². The number of aromatic nitrogens is 1. The molecule has 0 aromatic carbocycles. The van der Waals surface area contributed by atoms with Crippen LogP contribution in [0.4, 0.5) is 0 Å². The summed E-state index contributed by atoms with van der Waals surface area (Å²) in [6.07, 6.45) is 2.64. The van der Waals surface area contributed by atoms with E-state index in [0.29, 0.717) is 28.5 Å². The summed E-state index contributed by atoms with van der Waals surface area (Å²) in [6.45, 7) is 1.48. The number of amides is 1. The van der Waals surface area contributed by atoms with Gasteiger partial charge in [0.2, 0.25) is 5.88 Å². The Morgan fingerprint density at radius 3 is 2.52 bits per heavy atom. The summed E-state index contributed by atoms with van der Waals surface area (Å²) in [5.41, 5.74) is 0.870. The zero-order valence-corrected chi connectivity index (χ0v) is 14.9. The zero-order valence-electron chi connectivity index (χ0n) is 14.1. The van der Waals surface area contributed by atoms with E-state index in [2.05, 4.69) is 10.3 Å². The minimum atomic E-state index is -0.318. The van der Waals surface area contributed by atoms with Gasteiger partial charge < -0.3 is 15.2 Å². The SMILES string of the molecule is COc1ccc(C(NC(=O)c2ccc(C(C)=O)s2)C2CC(O)C2)cn1. The summed E-state index contributed by atoms with van der Waals surface area (Å²) in [5.74, 6) is 0.384. The van der Waals surface area contributed by atoms with Crippen molar-refractivity contribution >= 4 is 23.0 Å². The van der Waals surface area contributed by atoms with Gasteiger partial charge in [-0.1, -0.05) is 6.07 Å². The third-order valence-electron chi connectivity index (χ3n) is 4.41. The number of carbonyl (C=O) groups excluding carboxylic acids is 2. The van der Waals surface area contributed by atoms with Gasteiger partial charge in [0.25, 0.3) is 5.91 Å². The quantitative estimate of drug-likeness (QED) is 0.773. The summed E-state index contributed by atoms with van der Waals surface area (Å²) in [7, 11) is 1.55. The van der Waals surface area contributed by atoms with Gasteiger partial charge in [0.05, 0.1) is 29.0 Å². The Hall–Kier alpha value is -2.25. The maximum atomic E-state index is 12.6. The lowest BCUT2D eigenvalue weighted by atomic mass is 9.75. The van der Waals surface area contributed by atoms with E-state index in [0.717, 1.165) is 5.56 Å². The lowest BCUT2D eigenvalue weighted by Crippen LogP contribution is -2.41. The molecule has 132 valence electrons. The van der Waals surface area contributed by atoms with E-state index >= 15 is 0 Å². The number of ether oxygens (including phenoxy) is 1. The number of nitrogens with zero attached hydrogens (tertiary/aromatic N) is 1. The molecular weight excluding hydrogens is 340 g/mol. The largest absolute Gasteiger partial charge is 0.481 e. The molecule has 0 bridgehead atoms. The highest BCUT2D eigenvalue weighted by atomic mass is 32.1. The first-order valence-corrected chi connectivity index (χ1v) is 8.89. The van der Waals surface area contributed by atoms with E-state index < -0.39 is 0 Å².